The Labute approximate surface area is 220 Å². The van der Waals surface area contributed by atoms with E-state index in [0.717, 1.165) is 15.4 Å². The average Bonchev–Trinajstić information content (AvgIpc) is 2.92. The highest BCUT2D eigenvalue weighted by Crippen LogP contribution is 2.26. The molecule has 0 saturated carbocycles. The average molecular weight is 522 g/mol. The molecule has 1 N–H and O–H groups in total. The smallest absolute Gasteiger partial charge is 0.264 e. The predicted octanol–water partition coefficient (Wildman–Crippen LogP) is 4.56. The van der Waals surface area contributed by atoms with Crippen LogP contribution in [-0.2, 0) is 26.2 Å². The van der Waals surface area contributed by atoms with Crippen LogP contribution in [0, 0.1) is 0 Å². The van der Waals surface area contributed by atoms with Gasteiger partial charge in [0.2, 0.25) is 11.8 Å². The van der Waals surface area contributed by atoms with Crippen LogP contribution in [0.3, 0.4) is 0 Å². The lowest BCUT2D eigenvalue weighted by molar-refractivity contribution is -0.140. The van der Waals surface area contributed by atoms with Crippen molar-refractivity contribution in [1.29, 1.82) is 0 Å². The lowest BCUT2D eigenvalue weighted by Gasteiger charge is -2.33. The Bertz CT molecular complexity index is 1280. The van der Waals surface area contributed by atoms with E-state index in [1.165, 1.54) is 24.1 Å². The highest BCUT2D eigenvalue weighted by molar-refractivity contribution is 7.92. The lowest BCUT2D eigenvalue weighted by Crippen LogP contribution is -2.51. The van der Waals surface area contributed by atoms with Crippen LogP contribution in [0.2, 0.25) is 0 Å². The van der Waals surface area contributed by atoms with Crippen LogP contribution in [0.25, 0.3) is 0 Å². The first-order valence-electron chi connectivity index (χ1n) is 12.4. The first kappa shape index (κ1) is 27.9. The van der Waals surface area contributed by atoms with Gasteiger partial charge in [0.25, 0.3) is 10.0 Å². The van der Waals surface area contributed by atoms with Gasteiger partial charge in [-0.05, 0) is 47.7 Å². The number of hydrogen-bond donors (Lipinski definition) is 1. The van der Waals surface area contributed by atoms with Gasteiger partial charge in [-0.25, -0.2) is 8.42 Å². The summed E-state index contributed by atoms with van der Waals surface area (Å²) >= 11 is 0. The highest BCUT2D eigenvalue weighted by atomic mass is 32.2. The van der Waals surface area contributed by atoms with Crippen molar-refractivity contribution in [1.82, 2.24) is 10.2 Å². The van der Waals surface area contributed by atoms with Gasteiger partial charge in [-0.2, -0.15) is 0 Å². The molecule has 37 heavy (non-hydrogen) atoms. The highest BCUT2D eigenvalue weighted by Gasteiger charge is 2.33. The van der Waals surface area contributed by atoms with Crippen molar-refractivity contribution < 1.29 is 18.0 Å². The summed E-state index contributed by atoms with van der Waals surface area (Å²) in [6.07, 6.45) is 0.382. The Hall–Kier alpha value is -3.65. The van der Waals surface area contributed by atoms with Crippen LogP contribution in [0.4, 0.5) is 5.69 Å². The van der Waals surface area contributed by atoms with Gasteiger partial charge in [0, 0.05) is 13.6 Å². The van der Waals surface area contributed by atoms with Gasteiger partial charge in [0.05, 0.1) is 10.6 Å². The predicted molar refractivity (Wildman–Crippen MR) is 147 cm³/mol. The van der Waals surface area contributed by atoms with Gasteiger partial charge in [-0.1, -0.05) is 81.4 Å². The molecule has 196 valence electrons. The number of carbonyl (C=O) groups is 2. The van der Waals surface area contributed by atoms with Gasteiger partial charge in [0.15, 0.2) is 0 Å². The molecule has 0 spiro atoms. The molecular formula is C29H35N3O4S. The Kier molecular flexibility index (Phi) is 9.47. The molecule has 0 fully saturated rings. The molecule has 8 heteroatoms. The molecule has 0 aliphatic heterocycles. The number of rotatable bonds is 11. The van der Waals surface area contributed by atoms with E-state index in [-0.39, 0.29) is 23.3 Å². The summed E-state index contributed by atoms with van der Waals surface area (Å²) in [6, 6.07) is 23.9. The zero-order chi connectivity index (χ0) is 27.0. The van der Waals surface area contributed by atoms with Crippen molar-refractivity contribution in [3.05, 3.63) is 96.1 Å². The van der Waals surface area contributed by atoms with Crippen LogP contribution >= 0.6 is 0 Å². The van der Waals surface area contributed by atoms with Crippen molar-refractivity contribution >= 4 is 27.5 Å². The number of likely N-dealkylation sites (N-methyl/N-ethyl adjacent to an activating group) is 1. The Morgan fingerprint density at radius 2 is 1.43 bits per heavy atom. The molecule has 0 aliphatic carbocycles. The molecule has 0 radical (unpaired) electrons. The van der Waals surface area contributed by atoms with Gasteiger partial charge >= 0.3 is 0 Å². The van der Waals surface area contributed by atoms with E-state index < -0.39 is 28.5 Å². The normalized spacial score (nSPS) is 12.1. The van der Waals surface area contributed by atoms with Crippen molar-refractivity contribution in [2.45, 2.75) is 50.6 Å². The number of sulfonamides is 1. The van der Waals surface area contributed by atoms with E-state index in [1.807, 2.05) is 49.4 Å². The molecule has 0 aromatic heterocycles. The second kappa shape index (κ2) is 12.5. The minimum atomic E-state index is -4.06. The standard InChI is InChI=1S/C29H35N3O4S/c1-5-27(29(34)30-4)31(20-23-12-8-6-9-13-23)28(33)21-32(25-18-16-24(17-19-25)22(2)3)37(35,36)26-14-10-7-11-15-26/h6-19,22,27H,5,20-21H2,1-4H3,(H,30,34). The maximum absolute atomic E-state index is 13.8. The third-order valence-corrected chi connectivity index (χ3v) is 8.07. The molecule has 3 rings (SSSR count). The minimum Gasteiger partial charge on any atom is -0.357 e. The van der Waals surface area contributed by atoms with Crippen molar-refractivity contribution in [3.8, 4) is 0 Å². The van der Waals surface area contributed by atoms with Gasteiger partial charge < -0.3 is 10.2 Å². The third kappa shape index (κ3) is 6.77. The third-order valence-electron chi connectivity index (χ3n) is 6.29. The van der Waals surface area contributed by atoms with Crippen molar-refractivity contribution in [2.24, 2.45) is 0 Å². The molecule has 7 nitrogen and oxygen atoms in total. The Morgan fingerprint density at radius 1 is 0.865 bits per heavy atom. The molecule has 1 unspecified atom stereocenters. The first-order valence-corrected chi connectivity index (χ1v) is 13.9. The minimum absolute atomic E-state index is 0.0867. The molecule has 2 amide bonds. The Balaban J connectivity index is 2.05. The van der Waals surface area contributed by atoms with Crippen LogP contribution in [0.5, 0.6) is 0 Å². The Morgan fingerprint density at radius 3 is 1.95 bits per heavy atom. The van der Waals surface area contributed by atoms with Gasteiger partial charge in [-0.3, -0.25) is 13.9 Å². The van der Waals surface area contributed by atoms with Gasteiger partial charge in [-0.15, -0.1) is 0 Å². The molecule has 3 aromatic carbocycles. The molecule has 1 atom stereocenters. The van der Waals surface area contributed by atoms with E-state index in [2.05, 4.69) is 19.2 Å². The first-order chi connectivity index (χ1) is 17.7. The summed E-state index contributed by atoms with van der Waals surface area (Å²) in [5, 5.41) is 2.63. The molecular weight excluding hydrogens is 486 g/mol. The van der Waals surface area contributed by atoms with Crippen LogP contribution in [0.1, 0.15) is 44.2 Å². The second-order valence-electron chi connectivity index (χ2n) is 9.12. The monoisotopic (exact) mass is 521 g/mol. The molecule has 0 heterocycles. The summed E-state index contributed by atoms with van der Waals surface area (Å²) in [5.74, 6) is -0.494. The van der Waals surface area contributed by atoms with E-state index >= 15 is 0 Å². The van der Waals surface area contributed by atoms with Gasteiger partial charge in [0.1, 0.15) is 12.6 Å². The fourth-order valence-electron chi connectivity index (χ4n) is 4.14. The molecule has 0 aliphatic rings. The zero-order valence-electron chi connectivity index (χ0n) is 21.8. The number of benzene rings is 3. The van der Waals surface area contributed by atoms with Crippen molar-refractivity contribution in [3.63, 3.8) is 0 Å². The van der Waals surface area contributed by atoms with Crippen LogP contribution in [-0.4, -0.2) is 44.8 Å². The van der Waals surface area contributed by atoms with E-state index in [4.69, 9.17) is 0 Å². The summed E-state index contributed by atoms with van der Waals surface area (Å²) in [5.41, 5.74) is 2.29. The quantitative estimate of drug-likeness (QED) is 0.401. The summed E-state index contributed by atoms with van der Waals surface area (Å²) in [4.78, 5) is 28.1. The van der Waals surface area contributed by atoms with E-state index in [1.54, 1.807) is 30.3 Å². The topological polar surface area (TPSA) is 86.8 Å². The number of carbonyl (C=O) groups excluding carboxylic acids is 2. The number of hydrogen-bond acceptors (Lipinski definition) is 4. The fraction of sp³-hybridized carbons (Fsp3) is 0.310. The molecule has 0 bridgehead atoms. The fourth-order valence-corrected chi connectivity index (χ4v) is 5.58. The SMILES string of the molecule is CCC(C(=O)NC)N(Cc1ccccc1)C(=O)CN(c1ccc(C(C)C)cc1)S(=O)(=O)c1ccccc1. The summed E-state index contributed by atoms with van der Waals surface area (Å²) < 4.78 is 28.7. The molecule has 3 aromatic rings. The lowest BCUT2D eigenvalue weighted by atomic mass is 10.0. The number of anilines is 1. The number of nitrogens with zero attached hydrogens (tertiary/aromatic N) is 2. The summed E-state index contributed by atoms with van der Waals surface area (Å²) in [6.45, 7) is 5.67. The van der Waals surface area contributed by atoms with Crippen molar-refractivity contribution in [2.75, 3.05) is 17.9 Å². The maximum Gasteiger partial charge on any atom is 0.264 e. The van der Waals surface area contributed by atoms with Crippen LogP contribution in [0.15, 0.2) is 89.8 Å². The maximum atomic E-state index is 13.8. The zero-order valence-corrected chi connectivity index (χ0v) is 22.6. The van der Waals surface area contributed by atoms with E-state index in [0.29, 0.717) is 12.1 Å². The summed E-state index contributed by atoms with van der Waals surface area (Å²) in [7, 11) is -2.54. The largest absolute Gasteiger partial charge is 0.357 e. The van der Waals surface area contributed by atoms with E-state index in [9.17, 15) is 18.0 Å². The van der Waals surface area contributed by atoms with Crippen LogP contribution < -0.4 is 9.62 Å². The number of amides is 2. The number of nitrogens with one attached hydrogen (secondary N) is 1. The second-order valence-corrected chi connectivity index (χ2v) is 11.0. The molecule has 0 saturated heterocycles.